The summed E-state index contributed by atoms with van der Waals surface area (Å²) in [4.78, 5) is 14.9. The number of para-hydroxylation sites is 1. The molecule has 32 heavy (non-hydrogen) atoms. The Kier molecular flexibility index (Phi) is 5.74. The van der Waals surface area contributed by atoms with Crippen molar-refractivity contribution in [3.63, 3.8) is 0 Å². The molecular formula is C22H19N5O3S2. The largest absolute Gasteiger partial charge is 0.374 e. The predicted molar refractivity (Wildman–Crippen MR) is 128 cm³/mol. The molecule has 0 fully saturated rings. The molecule has 0 saturated carbocycles. The molecule has 3 aromatic carbocycles. The van der Waals surface area contributed by atoms with Crippen LogP contribution in [0.15, 0.2) is 88.9 Å². The van der Waals surface area contributed by atoms with E-state index in [1.165, 1.54) is 18.2 Å². The van der Waals surface area contributed by atoms with Crippen LogP contribution in [0.25, 0.3) is 0 Å². The lowest BCUT2D eigenvalue weighted by atomic mass is 10.1. The number of hydrogen-bond donors (Lipinski definition) is 2. The smallest absolute Gasteiger partial charge is 0.279 e. The third-order valence-electron chi connectivity index (χ3n) is 4.88. The van der Waals surface area contributed by atoms with Crippen molar-refractivity contribution in [1.82, 2.24) is 0 Å². The van der Waals surface area contributed by atoms with E-state index in [0.29, 0.717) is 17.8 Å². The number of benzene rings is 3. The number of hydrazone groups is 1. The molecule has 1 aliphatic heterocycles. The molecule has 0 unspecified atom stereocenters. The molecule has 4 rings (SSSR count). The van der Waals surface area contributed by atoms with Crippen molar-refractivity contribution >= 4 is 50.3 Å². The number of nitrogens with zero attached hydrogens (tertiary/aromatic N) is 3. The molecule has 162 valence electrons. The van der Waals surface area contributed by atoms with Crippen LogP contribution in [-0.4, -0.2) is 25.1 Å². The van der Waals surface area contributed by atoms with Gasteiger partial charge in [-0.15, -0.1) is 0 Å². The number of fused-ring (bicyclic) bond motifs is 1. The summed E-state index contributed by atoms with van der Waals surface area (Å²) in [6.45, 7) is 0.365. The van der Waals surface area contributed by atoms with E-state index in [1.54, 1.807) is 23.1 Å². The zero-order valence-electron chi connectivity index (χ0n) is 16.8. The molecule has 3 aromatic rings. The summed E-state index contributed by atoms with van der Waals surface area (Å²) in [5.74, 6) is -0.320. The summed E-state index contributed by atoms with van der Waals surface area (Å²) in [7, 11) is -3.95. The molecule has 1 aliphatic rings. The van der Waals surface area contributed by atoms with E-state index in [0.717, 1.165) is 10.6 Å². The van der Waals surface area contributed by atoms with E-state index in [1.807, 2.05) is 42.5 Å². The average Bonchev–Trinajstić information content (AvgIpc) is 3.03. The van der Waals surface area contributed by atoms with Crippen LogP contribution in [-0.2, 0) is 21.4 Å². The van der Waals surface area contributed by atoms with Gasteiger partial charge in [0.2, 0.25) is 10.0 Å². The maximum Gasteiger partial charge on any atom is 0.279 e. The van der Waals surface area contributed by atoms with Crippen LogP contribution in [0, 0.1) is 0 Å². The normalized spacial score (nSPS) is 14.5. The van der Waals surface area contributed by atoms with Crippen LogP contribution in [0.2, 0.25) is 0 Å². The van der Waals surface area contributed by atoms with E-state index in [-0.39, 0.29) is 27.3 Å². The summed E-state index contributed by atoms with van der Waals surface area (Å²) in [5, 5.41) is 10.7. The van der Waals surface area contributed by atoms with Gasteiger partial charge < -0.3 is 10.6 Å². The fourth-order valence-electron chi connectivity index (χ4n) is 3.41. The molecule has 10 heteroatoms. The van der Waals surface area contributed by atoms with Crippen molar-refractivity contribution in [3.05, 3.63) is 90.0 Å². The van der Waals surface area contributed by atoms with Crippen LogP contribution in [0.3, 0.4) is 0 Å². The van der Waals surface area contributed by atoms with Crippen molar-refractivity contribution in [3.8, 4) is 0 Å². The monoisotopic (exact) mass is 465 g/mol. The molecule has 0 aliphatic carbocycles. The summed E-state index contributed by atoms with van der Waals surface area (Å²) >= 11 is 5.13. The highest BCUT2D eigenvalue weighted by atomic mass is 32.2. The molecular weight excluding hydrogens is 446 g/mol. The number of nitrogens with two attached hydrogens (primary N) is 2. The zero-order valence-corrected chi connectivity index (χ0v) is 18.4. The molecule has 0 radical (unpaired) electrons. The van der Waals surface area contributed by atoms with Crippen LogP contribution in [0.4, 0.5) is 11.4 Å². The Morgan fingerprint density at radius 1 is 1.00 bits per heavy atom. The minimum atomic E-state index is -3.95. The van der Waals surface area contributed by atoms with E-state index < -0.39 is 10.0 Å². The van der Waals surface area contributed by atoms with Crippen molar-refractivity contribution in [1.29, 1.82) is 0 Å². The Balaban J connectivity index is 1.78. The second-order valence-corrected chi connectivity index (χ2v) is 9.01. The molecule has 0 atom stereocenters. The summed E-state index contributed by atoms with van der Waals surface area (Å²) < 4.78 is 23.5. The highest BCUT2D eigenvalue weighted by Crippen LogP contribution is 2.31. The van der Waals surface area contributed by atoms with Crippen LogP contribution >= 0.6 is 12.2 Å². The molecule has 0 spiro atoms. The fourth-order valence-corrected chi connectivity index (χ4v) is 4.11. The van der Waals surface area contributed by atoms with Crippen molar-refractivity contribution in [2.45, 2.75) is 11.4 Å². The van der Waals surface area contributed by atoms with Gasteiger partial charge >= 0.3 is 0 Å². The van der Waals surface area contributed by atoms with Crippen LogP contribution in [0.5, 0.6) is 0 Å². The molecule has 8 nitrogen and oxygen atoms in total. The standard InChI is InChI=1S/C22H19N5O3S2/c23-22(31)27(16-9-6-10-17(13-16)32(24,29)30)25-20-18-11-4-5-12-19(18)26(21(20)28)14-15-7-2-1-3-8-15/h1-13H,14H2,(H2,23,31)(H2,24,29,30)/b25-20-. The first kappa shape index (κ1) is 21.6. The molecule has 4 N–H and O–H groups in total. The van der Waals surface area contributed by atoms with Gasteiger partial charge in [-0.1, -0.05) is 54.6 Å². The average molecular weight is 466 g/mol. The highest BCUT2D eigenvalue weighted by molar-refractivity contribution is 7.89. The highest BCUT2D eigenvalue weighted by Gasteiger charge is 2.34. The summed E-state index contributed by atoms with van der Waals surface area (Å²) in [6, 6.07) is 22.6. The molecule has 0 aromatic heterocycles. The van der Waals surface area contributed by atoms with Crippen molar-refractivity contribution < 1.29 is 13.2 Å². The topological polar surface area (TPSA) is 122 Å². The number of primary sulfonamides is 1. The molecule has 1 amide bonds. The van der Waals surface area contributed by atoms with Gasteiger partial charge in [0.25, 0.3) is 5.91 Å². The Hall–Kier alpha value is -3.60. The lowest BCUT2D eigenvalue weighted by Crippen LogP contribution is -2.35. The van der Waals surface area contributed by atoms with E-state index in [4.69, 9.17) is 23.1 Å². The predicted octanol–water partition coefficient (Wildman–Crippen LogP) is 2.34. The van der Waals surface area contributed by atoms with Gasteiger partial charge in [0, 0.05) is 5.56 Å². The molecule has 1 heterocycles. The number of carbonyl (C=O) groups excluding carboxylic acids is 1. The molecule has 0 bridgehead atoms. The third kappa shape index (κ3) is 4.24. The first-order chi connectivity index (χ1) is 15.3. The number of rotatable bonds is 5. The van der Waals surface area contributed by atoms with Gasteiger partial charge in [-0.25, -0.2) is 18.6 Å². The Bertz CT molecular complexity index is 1340. The second kappa shape index (κ2) is 8.50. The number of thiocarbonyl (C=S) groups is 1. The van der Waals surface area contributed by atoms with E-state index >= 15 is 0 Å². The lowest BCUT2D eigenvalue weighted by molar-refractivity contribution is -0.112. The maximum atomic E-state index is 13.4. The Morgan fingerprint density at radius 2 is 1.69 bits per heavy atom. The van der Waals surface area contributed by atoms with Gasteiger partial charge in [0.1, 0.15) is 0 Å². The van der Waals surface area contributed by atoms with Gasteiger partial charge in [-0.2, -0.15) is 5.10 Å². The quantitative estimate of drug-likeness (QED) is 0.441. The minimum absolute atomic E-state index is 0.125. The summed E-state index contributed by atoms with van der Waals surface area (Å²) in [6.07, 6.45) is 0. The first-order valence-corrected chi connectivity index (χ1v) is 11.5. The van der Waals surface area contributed by atoms with Crippen LogP contribution in [0.1, 0.15) is 11.1 Å². The van der Waals surface area contributed by atoms with Crippen LogP contribution < -0.4 is 20.8 Å². The third-order valence-corrected chi connectivity index (χ3v) is 5.96. The minimum Gasteiger partial charge on any atom is -0.374 e. The number of amides is 1. The lowest BCUT2D eigenvalue weighted by Gasteiger charge is -2.19. The zero-order chi connectivity index (χ0) is 22.9. The number of carbonyl (C=O) groups is 1. The van der Waals surface area contributed by atoms with Crippen molar-refractivity contribution in [2.75, 3.05) is 9.91 Å². The molecule has 0 saturated heterocycles. The van der Waals surface area contributed by atoms with Gasteiger partial charge in [0.05, 0.1) is 22.8 Å². The van der Waals surface area contributed by atoms with E-state index in [2.05, 4.69) is 5.10 Å². The van der Waals surface area contributed by atoms with E-state index in [9.17, 15) is 13.2 Å². The maximum absolute atomic E-state index is 13.4. The number of sulfonamides is 1. The van der Waals surface area contributed by atoms with Crippen molar-refractivity contribution in [2.24, 2.45) is 16.0 Å². The second-order valence-electron chi connectivity index (χ2n) is 7.04. The fraction of sp³-hybridized carbons (Fsp3) is 0.0455. The van der Waals surface area contributed by atoms with Gasteiger partial charge in [0.15, 0.2) is 10.8 Å². The SMILES string of the molecule is NC(=S)N(/N=C1\C(=O)N(Cc2ccccc2)c2ccccc21)c1cccc(S(N)(=O)=O)c1. The van der Waals surface area contributed by atoms with Gasteiger partial charge in [-0.05, 0) is 42.0 Å². The number of hydrogen-bond acceptors (Lipinski definition) is 5. The Labute approximate surface area is 190 Å². The Morgan fingerprint density at radius 3 is 2.38 bits per heavy atom. The summed E-state index contributed by atoms with van der Waals surface area (Å²) in [5.41, 5.74) is 8.58. The first-order valence-electron chi connectivity index (χ1n) is 9.52. The number of anilines is 2. The van der Waals surface area contributed by atoms with Gasteiger partial charge in [-0.3, -0.25) is 4.79 Å².